The van der Waals surface area contributed by atoms with Crippen molar-refractivity contribution in [1.82, 2.24) is 9.97 Å². The first-order valence-electron chi connectivity index (χ1n) is 7.94. The van der Waals surface area contributed by atoms with Crippen LogP contribution in [0.2, 0.25) is 0 Å². The third-order valence-corrected chi connectivity index (χ3v) is 5.44. The molecule has 126 valence electrons. The number of nitrogens with one attached hydrogen (secondary N) is 1. The van der Waals surface area contributed by atoms with Crippen LogP contribution in [0.25, 0.3) is 10.2 Å². The molecular formula is C18H20ClN3OS. The van der Waals surface area contributed by atoms with E-state index in [0.29, 0.717) is 0 Å². The average Bonchev–Trinajstić information content (AvgIpc) is 2.93. The molecule has 0 unspecified atom stereocenters. The van der Waals surface area contributed by atoms with Crippen molar-refractivity contribution >= 4 is 45.5 Å². The summed E-state index contributed by atoms with van der Waals surface area (Å²) >= 11 is 1.83. The number of hydrogen-bond donors (Lipinski definition) is 1. The molecule has 0 atom stereocenters. The minimum Gasteiger partial charge on any atom is -0.497 e. The molecule has 0 bridgehead atoms. The van der Waals surface area contributed by atoms with Gasteiger partial charge in [-0.15, -0.1) is 23.7 Å². The van der Waals surface area contributed by atoms with Crippen LogP contribution in [0.4, 0.5) is 11.5 Å². The van der Waals surface area contributed by atoms with Gasteiger partial charge in [-0.1, -0.05) is 6.07 Å². The zero-order chi connectivity index (χ0) is 15.8. The molecule has 4 rings (SSSR count). The summed E-state index contributed by atoms with van der Waals surface area (Å²) in [6.45, 7) is 1.95. The van der Waals surface area contributed by atoms with Gasteiger partial charge in [0.15, 0.2) is 0 Å². The highest BCUT2D eigenvalue weighted by molar-refractivity contribution is 7.19. The number of thiophene rings is 1. The van der Waals surface area contributed by atoms with Crippen LogP contribution in [-0.2, 0) is 12.8 Å². The molecule has 0 radical (unpaired) electrons. The second-order valence-electron chi connectivity index (χ2n) is 5.87. The Labute approximate surface area is 151 Å². The summed E-state index contributed by atoms with van der Waals surface area (Å²) < 4.78 is 5.31. The lowest BCUT2D eigenvalue weighted by atomic mass is 9.97. The van der Waals surface area contributed by atoms with Crippen molar-refractivity contribution in [2.45, 2.75) is 32.6 Å². The molecule has 1 aliphatic carbocycles. The third-order valence-electron chi connectivity index (χ3n) is 4.26. The van der Waals surface area contributed by atoms with Crippen LogP contribution in [0.5, 0.6) is 5.75 Å². The molecule has 2 aromatic heterocycles. The molecule has 1 aromatic carbocycles. The Morgan fingerprint density at radius 1 is 1.17 bits per heavy atom. The lowest BCUT2D eigenvalue weighted by molar-refractivity contribution is 0.415. The number of rotatable bonds is 3. The zero-order valence-electron chi connectivity index (χ0n) is 13.8. The van der Waals surface area contributed by atoms with E-state index in [9.17, 15) is 0 Å². The predicted molar refractivity (Wildman–Crippen MR) is 102 cm³/mol. The molecule has 2 heterocycles. The van der Waals surface area contributed by atoms with Gasteiger partial charge in [0.2, 0.25) is 0 Å². The lowest BCUT2D eigenvalue weighted by Crippen LogP contribution is -2.02. The van der Waals surface area contributed by atoms with E-state index in [-0.39, 0.29) is 12.4 Å². The molecule has 1 N–H and O–H groups in total. The maximum absolute atomic E-state index is 5.31. The highest BCUT2D eigenvalue weighted by Gasteiger charge is 2.20. The molecule has 3 aromatic rings. The average molecular weight is 362 g/mol. The highest BCUT2D eigenvalue weighted by atomic mass is 35.5. The number of halogens is 1. The fraction of sp³-hybridized carbons (Fsp3) is 0.333. The molecule has 0 aliphatic heterocycles. The van der Waals surface area contributed by atoms with E-state index >= 15 is 0 Å². The van der Waals surface area contributed by atoms with Gasteiger partial charge in [-0.2, -0.15) is 0 Å². The lowest BCUT2D eigenvalue weighted by Gasteiger charge is -2.13. The van der Waals surface area contributed by atoms with E-state index in [2.05, 4.69) is 15.3 Å². The van der Waals surface area contributed by atoms with Crippen LogP contribution >= 0.6 is 23.7 Å². The standard InChI is InChI=1S/C18H19N3OS.ClH/c1-11-19-17(21-12-6-5-7-13(10-12)22-2)16-14-8-3-4-9-15(14)23-18(16)20-11;/h5-7,10H,3-4,8-9H2,1-2H3,(H,19,20,21);1H. The van der Waals surface area contributed by atoms with Crippen LogP contribution in [0.1, 0.15) is 29.1 Å². The molecule has 1 aliphatic rings. The molecule has 24 heavy (non-hydrogen) atoms. The summed E-state index contributed by atoms with van der Waals surface area (Å²) in [6, 6.07) is 7.95. The van der Waals surface area contributed by atoms with Crippen molar-refractivity contribution < 1.29 is 4.74 Å². The number of aromatic nitrogens is 2. The number of aryl methyl sites for hydroxylation is 3. The quantitative estimate of drug-likeness (QED) is 0.708. The summed E-state index contributed by atoms with van der Waals surface area (Å²) in [5.41, 5.74) is 2.43. The molecule has 0 saturated carbocycles. The topological polar surface area (TPSA) is 47.0 Å². The van der Waals surface area contributed by atoms with Crippen molar-refractivity contribution in [2.24, 2.45) is 0 Å². The fourth-order valence-electron chi connectivity index (χ4n) is 3.19. The second kappa shape index (κ2) is 6.95. The number of anilines is 2. The minimum atomic E-state index is 0. The van der Waals surface area contributed by atoms with Crippen molar-refractivity contribution in [1.29, 1.82) is 0 Å². The fourth-order valence-corrected chi connectivity index (χ4v) is 4.50. The maximum atomic E-state index is 5.31. The van der Waals surface area contributed by atoms with E-state index in [1.54, 1.807) is 7.11 Å². The molecule has 0 fully saturated rings. The Bertz CT molecular complexity index is 878. The number of ether oxygens (including phenoxy) is 1. The predicted octanol–water partition coefficient (Wildman–Crippen LogP) is 5.05. The van der Waals surface area contributed by atoms with Gasteiger partial charge in [0, 0.05) is 16.6 Å². The molecule has 0 spiro atoms. The van der Waals surface area contributed by atoms with E-state index in [1.807, 2.05) is 42.5 Å². The smallest absolute Gasteiger partial charge is 0.143 e. The zero-order valence-corrected chi connectivity index (χ0v) is 15.4. The van der Waals surface area contributed by atoms with Crippen LogP contribution in [0.15, 0.2) is 24.3 Å². The molecule has 0 amide bonds. The first-order valence-corrected chi connectivity index (χ1v) is 8.76. The summed E-state index contributed by atoms with van der Waals surface area (Å²) in [5.74, 6) is 2.56. The van der Waals surface area contributed by atoms with E-state index in [1.165, 1.54) is 35.1 Å². The highest BCUT2D eigenvalue weighted by Crippen LogP contribution is 2.39. The Hall–Kier alpha value is -1.85. The van der Waals surface area contributed by atoms with Gasteiger partial charge in [-0.3, -0.25) is 0 Å². The van der Waals surface area contributed by atoms with Gasteiger partial charge < -0.3 is 10.1 Å². The Morgan fingerprint density at radius 3 is 2.83 bits per heavy atom. The second-order valence-corrected chi connectivity index (χ2v) is 6.95. The Kier molecular flexibility index (Phi) is 4.92. The van der Waals surface area contributed by atoms with E-state index in [0.717, 1.165) is 34.3 Å². The number of nitrogens with zero attached hydrogens (tertiary/aromatic N) is 2. The van der Waals surface area contributed by atoms with Crippen LogP contribution in [0.3, 0.4) is 0 Å². The van der Waals surface area contributed by atoms with Gasteiger partial charge in [0.05, 0.1) is 12.5 Å². The summed E-state index contributed by atoms with van der Waals surface area (Å²) in [7, 11) is 1.68. The summed E-state index contributed by atoms with van der Waals surface area (Å²) in [6.07, 6.45) is 4.85. The van der Waals surface area contributed by atoms with Crippen molar-refractivity contribution in [3.63, 3.8) is 0 Å². The van der Waals surface area contributed by atoms with Gasteiger partial charge in [0.1, 0.15) is 22.2 Å². The van der Waals surface area contributed by atoms with Gasteiger partial charge in [0.25, 0.3) is 0 Å². The number of fused-ring (bicyclic) bond motifs is 3. The number of benzene rings is 1. The van der Waals surface area contributed by atoms with Crippen LogP contribution in [-0.4, -0.2) is 17.1 Å². The van der Waals surface area contributed by atoms with Gasteiger partial charge in [-0.05, 0) is 50.3 Å². The van der Waals surface area contributed by atoms with Gasteiger partial charge in [-0.25, -0.2) is 9.97 Å². The normalized spacial score (nSPS) is 13.2. The van der Waals surface area contributed by atoms with Gasteiger partial charge >= 0.3 is 0 Å². The molecule has 0 saturated heterocycles. The van der Waals surface area contributed by atoms with Crippen molar-refractivity contribution in [3.05, 3.63) is 40.5 Å². The maximum Gasteiger partial charge on any atom is 0.143 e. The first-order chi connectivity index (χ1) is 11.2. The Morgan fingerprint density at radius 2 is 2.00 bits per heavy atom. The van der Waals surface area contributed by atoms with Crippen LogP contribution in [0, 0.1) is 6.92 Å². The molecule has 4 nitrogen and oxygen atoms in total. The first kappa shape index (κ1) is 17.0. The van der Waals surface area contributed by atoms with Crippen molar-refractivity contribution in [2.75, 3.05) is 12.4 Å². The summed E-state index contributed by atoms with van der Waals surface area (Å²) in [4.78, 5) is 11.9. The molecule has 6 heteroatoms. The largest absolute Gasteiger partial charge is 0.497 e. The van der Waals surface area contributed by atoms with E-state index < -0.39 is 0 Å². The van der Waals surface area contributed by atoms with Crippen molar-refractivity contribution in [3.8, 4) is 5.75 Å². The molecular weight excluding hydrogens is 342 g/mol. The Balaban J connectivity index is 0.00000169. The monoisotopic (exact) mass is 361 g/mol. The minimum absolute atomic E-state index is 0. The summed E-state index contributed by atoms with van der Waals surface area (Å²) in [5, 5.41) is 4.68. The SMILES string of the molecule is COc1cccc(Nc2nc(C)nc3sc4c(c23)CCCC4)c1.Cl. The number of methoxy groups -OCH3 is 1. The van der Waals surface area contributed by atoms with Crippen LogP contribution < -0.4 is 10.1 Å². The third kappa shape index (κ3) is 3.06. The number of hydrogen-bond acceptors (Lipinski definition) is 5. The van der Waals surface area contributed by atoms with E-state index in [4.69, 9.17) is 4.74 Å².